The zero-order valence-corrected chi connectivity index (χ0v) is 13.9. The molecule has 0 fully saturated rings. The second-order valence-corrected chi connectivity index (χ2v) is 5.46. The number of carbonyl (C=O) groups is 1. The Morgan fingerprint density at radius 2 is 2.00 bits per heavy atom. The Morgan fingerprint density at radius 3 is 2.64 bits per heavy atom. The molecule has 0 bridgehead atoms. The summed E-state index contributed by atoms with van der Waals surface area (Å²) in [6.45, 7) is 2.06. The van der Waals surface area contributed by atoms with Crippen molar-refractivity contribution >= 4 is 11.6 Å². The summed E-state index contributed by atoms with van der Waals surface area (Å²) in [7, 11) is 0. The number of anilines is 1. The van der Waals surface area contributed by atoms with Crippen molar-refractivity contribution < 1.29 is 9.53 Å². The maximum Gasteiger partial charge on any atom is 0.238 e. The minimum Gasteiger partial charge on any atom is -0.438 e. The second-order valence-electron chi connectivity index (χ2n) is 5.46. The topological polar surface area (TPSA) is 81.9 Å². The number of rotatable bonds is 7. The summed E-state index contributed by atoms with van der Waals surface area (Å²) in [5.41, 5.74) is 0.744. The van der Waals surface area contributed by atoms with Crippen molar-refractivity contribution in [2.75, 3.05) is 5.32 Å². The van der Waals surface area contributed by atoms with Gasteiger partial charge in [-0.05, 0) is 42.8 Å². The first-order valence-corrected chi connectivity index (χ1v) is 8.16. The molecular weight excluding hydrogens is 318 g/mol. The van der Waals surface area contributed by atoms with Gasteiger partial charge in [-0.25, -0.2) is 4.68 Å². The van der Waals surface area contributed by atoms with E-state index in [1.165, 1.54) is 0 Å². The van der Waals surface area contributed by atoms with Crippen molar-refractivity contribution in [1.82, 2.24) is 20.0 Å². The van der Waals surface area contributed by atoms with Gasteiger partial charge in [-0.1, -0.05) is 13.3 Å². The lowest BCUT2D eigenvalue weighted by Gasteiger charge is -2.07. The van der Waals surface area contributed by atoms with E-state index in [2.05, 4.69) is 27.5 Å². The first-order valence-electron chi connectivity index (χ1n) is 8.16. The van der Waals surface area contributed by atoms with Crippen molar-refractivity contribution in [3.8, 4) is 17.4 Å². The van der Waals surface area contributed by atoms with Gasteiger partial charge in [0.15, 0.2) is 5.82 Å². The molecule has 7 heteroatoms. The van der Waals surface area contributed by atoms with E-state index in [4.69, 9.17) is 4.74 Å². The van der Waals surface area contributed by atoms with Gasteiger partial charge in [-0.2, -0.15) is 5.10 Å². The van der Waals surface area contributed by atoms with Crippen LogP contribution in [0, 0.1) is 0 Å². The van der Waals surface area contributed by atoms with Gasteiger partial charge < -0.3 is 10.1 Å². The lowest BCUT2D eigenvalue weighted by Crippen LogP contribution is -2.10. The van der Waals surface area contributed by atoms with Crippen LogP contribution in [-0.4, -0.2) is 25.9 Å². The smallest absolute Gasteiger partial charge is 0.238 e. The molecule has 0 saturated carbocycles. The third-order valence-electron chi connectivity index (χ3n) is 3.48. The molecule has 0 spiro atoms. The molecule has 3 aromatic rings. The van der Waals surface area contributed by atoms with Crippen LogP contribution < -0.4 is 10.1 Å². The van der Waals surface area contributed by atoms with Gasteiger partial charge in [0.25, 0.3) is 0 Å². The Kier molecular flexibility index (Phi) is 5.36. The molecule has 0 aliphatic heterocycles. The molecule has 0 unspecified atom stereocenters. The molecule has 25 heavy (non-hydrogen) atoms. The van der Waals surface area contributed by atoms with Gasteiger partial charge in [0, 0.05) is 30.6 Å². The van der Waals surface area contributed by atoms with Crippen molar-refractivity contribution in [3.05, 3.63) is 54.9 Å². The largest absolute Gasteiger partial charge is 0.438 e. The van der Waals surface area contributed by atoms with Gasteiger partial charge in [-0.15, -0.1) is 10.2 Å². The van der Waals surface area contributed by atoms with E-state index in [0.29, 0.717) is 23.9 Å². The van der Waals surface area contributed by atoms with E-state index >= 15 is 0 Å². The first kappa shape index (κ1) is 16.6. The molecule has 128 valence electrons. The summed E-state index contributed by atoms with van der Waals surface area (Å²) < 4.78 is 7.28. The van der Waals surface area contributed by atoms with E-state index in [1.807, 2.05) is 6.07 Å². The normalized spacial score (nSPS) is 10.4. The van der Waals surface area contributed by atoms with E-state index < -0.39 is 0 Å². The Balaban J connectivity index is 1.58. The highest BCUT2D eigenvalue weighted by Crippen LogP contribution is 2.21. The molecule has 1 N–H and O–H groups in total. The third kappa shape index (κ3) is 4.63. The first-order chi connectivity index (χ1) is 12.2. The molecule has 0 aliphatic rings. The number of hydrogen-bond acceptors (Lipinski definition) is 5. The van der Waals surface area contributed by atoms with Crippen LogP contribution in [0.2, 0.25) is 0 Å². The summed E-state index contributed by atoms with van der Waals surface area (Å²) in [6.07, 6.45) is 5.89. The van der Waals surface area contributed by atoms with E-state index in [1.54, 1.807) is 53.5 Å². The van der Waals surface area contributed by atoms with Crippen LogP contribution >= 0.6 is 0 Å². The number of benzene rings is 1. The highest BCUT2D eigenvalue weighted by molar-refractivity contribution is 5.90. The van der Waals surface area contributed by atoms with Gasteiger partial charge in [0.2, 0.25) is 11.8 Å². The standard InChI is InChI=1S/C18H19N5O2/c1-2-3-5-17(24)20-14-6-8-15(9-7-14)25-18-11-10-16(21-22-18)23-13-4-12-19-23/h4,6-13H,2-3,5H2,1H3,(H,20,24). The van der Waals surface area contributed by atoms with Crippen molar-refractivity contribution in [2.24, 2.45) is 0 Å². The molecule has 7 nitrogen and oxygen atoms in total. The van der Waals surface area contributed by atoms with Crippen molar-refractivity contribution in [3.63, 3.8) is 0 Å². The predicted molar refractivity (Wildman–Crippen MR) is 93.8 cm³/mol. The number of carbonyl (C=O) groups excluding carboxylic acids is 1. The number of amides is 1. The van der Waals surface area contributed by atoms with Crippen LogP contribution in [0.25, 0.3) is 5.82 Å². The van der Waals surface area contributed by atoms with Crippen LogP contribution in [0.4, 0.5) is 5.69 Å². The highest BCUT2D eigenvalue weighted by Gasteiger charge is 2.04. The molecule has 2 heterocycles. The molecule has 0 aliphatic carbocycles. The number of nitrogens with zero attached hydrogens (tertiary/aromatic N) is 4. The fraction of sp³-hybridized carbons (Fsp3) is 0.222. The number of nitrogens with one attached hydrogen (secondary N) is 1. The summed E-state index contributed by atoms with van der Waals surface area (Å²) in [6, 6.07) is 12.5. The number of ether oxygens (including phenoxy) is 1. The zero-order chi connectivity index (χ0) is 17.5. The zero-order valence-electron chi connectivity index (χ0n) is 13.9. The van der Waals surface area contributed by atoms with Crippen LogP contribution in [0.15, 0.2) is 54.9 Å². The lowest BCUT2D eigenvalue weighted by atomic mass is 10.2. The lowest BCUT2D eigenvalue weighted by molar-refractivity contribution is -0.116. The van der Waals surface area contributed by atoms with Crippen LogP contribution in [0.1, 0.15) is 26.2 Å². The maximum absolute atomic E-state index is 11.7. The molecule has 0 atom stereocenters. The quantitative estimate of drug-likeness (QED) is 0.712. The predicted octanol–water partition coefficient (Wildman–Crippen LogP) is 3.58. The van der Waals surface area contributed by atoms with E-state index in [9.17, 15) is 4.79 Å². The van der Waals surface area contributed by atoms with E-state index in [0.717, 1.165) is 18.5 Å². The van der Waals surface area contributed by atoms with Crippen LogP contribution in [-0.2, 0) is 4.79 Å². The number of hydrogen-bond donors (Lipinski definition) is 1. The van der Waals surface area contributed by atoms with E-state index in [-0.39, 0.29) is 5.91 Å². The summed E-state index contributed by atoms with van der Waals surface area (Å²) >= 11 is 0. The molecule has 3 rings (SSSR count). The Labute approximate surface area is 145 Å². The SMILES string of the molecule is CCCCC(=O)Nc1ccc(Oc2ccc(-n3cccn3)nn2)cc1. The number of unbranched alkanes of at least 4 members (excludes halogenated alkanes) is 1. The van der Waals surface area contributed by atoms with Crippen LogP contribution in [0.3, 0.4) is 0 Å². The molecule has 0 saturated heterocycles. The Hall–Kier alpha value is -3.22. The minimum atomic E-state index is 0.0237. The summed E-state index contributed by atoms with van der Waals surface area (Å²) in [4.78, 5) is 11.7. The average molecular weight is 337 g/mol. The third-order valence-corrected chi connectivity index (χ3v) is 3.48. The molecule has 1 aromatic carbocycles. The Morgan fingerprint density at radius 1 is 1.16 bits per heavy atom. The van der Waals surface area contributed by atoms with Gasteiger partial charge in [-0.3, -0.25) is 4.79 Å². The summed E-state index contributed by atoms with van der Waals surface area (Å²) in [5, 5.41) is 15.1. The average Bonchev–Trinajstić information content (AvgIpc) is 3.17. The molecule has 2 aromatic heterocycles. The highest BCUT2D eigenvalue weighted by atomic mass is 16.5. The van der Waals surface area contributed by atoms with Crippen molar-refractivity contribution in [2.45, 2.75) is 26.2 Å². The molecular formula is C18H19N5O2. The van der Waals surface area contributed by atoms with Gasteiger partial charge in [0.1, 0.15) is 5.75 Å². The van der Waals surface area contributed by atoms with Gasteiger partial charge >= 0.3 is 0 Å². The van der Waals surface area contributed by atoms with Gasteiger partial charge in [0.05, 0.1) is 0 Å². The monoisotopic (exact) mass is 337 g/mol. The second kappa shape index (κ2) is 8.05. The minimum absolute atomic E-state index is 0.0237. The summed E-state index contributed by atoms with van der Waals surface area (Å²) in [5.74, 6) is 1.64. The fourth-order valence-corrected chi connectivity index (χ4v) is 2.18. The maximum atomic E-state index is 11.7. The molecule has 1 amide bonds. The van der Waals surface area contributed by atoms with Crippen molar-refractivity contribution in [1.29, 1.82) is 0 Å². The fourth-order valence-electron chi connectivity index (χ4n) is 2.18. The number of aromatic nitrogens is 4. The van der Waals surface area contributed by atoms with Crippen LogP contribution in [0.5, 0.6) is 11.6 Å². The Bertz CT molecular complexity index is 798. The molecule has 0 radical (unpaired) electrons.